The lowest BCUT2D eigenvalue weighted by molar-refractivity contribution is 1.06. The molecule has 0 unspecified atom stereocenters. The lowest BCUT2D eigenvalue weighted by Gasteiger charge is -1.98. The summed E-state index contributed by atoms with van der Waals surface area (Å²) in [5.41, 5.74) is 8.02. The molecule has 1 rings (SSSR count). The smallest absolute Gasteiger partial charge is 0.0178 e. The Bertz CT molecular complexity index is 246. The summed E-state index contributed by atoms with van der Waals surface area (Å²) >= 11 is 0. The lowest BCUT2D eigenvalue weighted by Crippen LogP contribution is -1.95. The highest BCUT2D eigenvalue weighted by atomic mass is 14.5. The van der Waals surface area contributed by atoms with Crippen LogP contribution in [-0.2, 0) is 13.0 Å². The zero-order valence-corrected chi connectivity index (χ0v) is 7.46. The molecule has 0 bridgehead atoms. The maximum Gasteiger partial charge on any atom is 0.0178 e. The molecule has 1 aromatic carbocycles. The van der Waals surface area contributed by atoms with Gasteiger partial charge in [-0.15, -0.1) is 0 Å². The minimum Gasteiger partial charge on any atom is -0.326 e. The van der Waals surface area contributed by atoms with E-state index in [9.17, 15) is 0 Å². The van der Waals surface area contributed by atoms with Gasteiger partial charge >= 0.3 is 0 Å². The molecule has 0 aliphatic rings. The van der Waals surface area contributed by atoms with Crippen molar-refractivity contribution >= 4 is 0 Å². The standard InChI is InChI=1S/C11H15N/c1-2-3-4-10-5-7-11(9-12)8-6-10/h2-3,5-8H,4,9,12H2,1H3/b3-2-. The van der Waals surface area contributed by atoms with Crippen molar-refractivity contribution in [1.29, 1.82) is 0 Å². The molecule has 0 spiro atoms. The van der Waals surface area contributed by atoms with Gasteiger partial charge in [0.2, 0.25) is 0 Å². The predicted octanol–water partition coefficient (Wildman–Crippen LogP) is 2.26. The van der Waals surface area contributed by atoms with E-state index < -0.39 is 0 Å². The molecule has 0 amide bonds. The first kappa shape index (κ1) is 9.01. The maximum absolute atomic E-state index is 5.49. The predicted molar refractivity (Wildman–Crippen MR) is 52.9 cm³/mol. The summed E-state index contributed by atoms with van der Waals surface area (Å²) in [6.07, 6.45) is 5.23. The van der Waals surface area contributed by atoms with Gasteiger partial charge in [-0.3, -0.25) is 0 Å². The number of benzene rings is 1. The second-order valence-electron chi connectivity index (χ2n) is 2.79. The van der Waals surface area contributed by atoms with Crippen LogP contribution in [-0.4, -0.2) is 0 Å². The van der Waals surface area contributed by atoms with Crippen LogP contribution in [0.3, 0.4) is 0 Å². The molecule has 0 saturated heterocycles. The monoisotopic (exact) mass is 161 g/mol. The van der Waals surface area contributed by atoms with Crippen molar-refractivity contribution in [2.75, 3.05) is 0 Å². The molecule has 2 N–H and O–H groups in total. The highest BCUT2D eigenvalue weighted by Gasteiger charge is 1.89. The van der Waals surface area contributed by atoms with Gasteiger partial charge in [0, 0.05) is 6.54 Å². The Hall–Kier alpha value is -1.08. The van der Waals surface area contributed by atoms with E-state index in [0.29, 0.717) is 6.54 Å². The molecule has 1 aromatic rings. The van der Waals surface area contributed by atoms with Crippen molar-refractivity contribution in [2.24, 2.45) is 5.73 Å². The average molecular weight is 161 g/mol. The summed E-state index contributed by atoms with van der Waals surface area (Å²) in [5, 5.41) is 0. The molecule has 0 heterocycles. The number of rotatable bonds is 3. The third kappa shape index (κ3) is 2.51. The summed E-state index contributed by atoms with van der Waals surface area (Å²) in [6, 6.07) is 8.42. The van der Waals surface area contributed by atoms with E-state index in [0.717, 1.165) is 6.42 Å². The Morgan fingerprint density at radius 2 is 1.75 bits per heavy atom. The number of nitrogens with two attached hydrogens (primary N) is 1. The Morgan fingerprint density at radius 3 is 2.25 bits per heavy atom. The van der Waals surface area contributed by atoms with E-state index >= 15 is 0 Å². The topological polar surface area (TPSA) is 26.0 Å². The lowest BCUT2D eigenvalue weighted by atomic mass is 10.1. The molecule has 0 saturated carbocycles. The fraction of sp³-hybridized carbons (Fsp3) is 0.273. The van der Waals surface area contributed by atoms with Gasteiger partial charge in [-0.25, -0.2) is 0 Å². The van der Waals surface area contributed by atoms with Gasteiger partial charge in [0.1, 0.15) is 0 Å². The summed E-state index contributed by atoms with van der Waals surface area (Å²) in [4.78, 5) is 0. The van der Waals surface area contributed by atoms with E-state index in [4.69, 9.17) is 5.73 Å². The van der Waals surface area contributed by atoms with Crippen LogP contribution in [0.4, 0.5) is 0 Å². The second-order valence-corrected chi connectivity index (χ2v) is 2.79. The summed E-state index contributed by atoms with van der Waals surface area (Å²) in [5.74, 6) is 0. The maximum atomic E-state index is 5.49. The molecule has 0 radical (unpaired) electrons. The second kappa shape index (κ2) is 4.73. The highest BCUT2D eigenvalue weighted by molar-refractivity contribution is 5.23. The molecule has 0 aromatic heterocycles. The van der Waals surface area contributed by atoms with Crippen LogP contribution < -0.4 is 5.73 Å². The van der Waals surface area contributed by atoms with E-state index in [1.165, 1.54) is 11.1 Å². The fourth-order valence-electron chi connectivity index (χ4n) is 1.07. The average Bonchev–Trinajstić information content (AvgIpc) is 2.15. The van der Waals surface area contributed by atoms with Crippen molar-refractivity contribution in [3.63, 3.8) is 0 Å². The Labute approximate surface area is 73.9 Å². The van der Waals surface area contributed by atoms with Crippen molar-refractivity contribution in [1.82, 2.24) is 0 Å². The van der Waals surface area contributed by atoms with Gasteiger partial charge in [-0.1, -0.05) is 36.4 Å². The van der Waals surface area contributed by atoms with Crippen LogP contribution in [0.2, 0.25) is 0 Å². The molecule has 0 atom stereocenters. The molecule has 0 aliphatic carbocycles. The SMILES string of the molecule is C/C=C\Cc1ccc(CN)cc1. The zero-order chi connectivity index (χ0) is 8.81. The largest absolute Gasteiger partial charge is 0.326 e. The van der Waals surface area contributed by atoms with E-state index in [1.54, 1.807) is 0 Å². The minimum absolute atomic E-state index is 0.629. The van der Waals surface area contributed by atoms with Gasteiger partial charge in [0.05, 0.1) is 0 Å². The Morgan fingerprint density at radius 1 is 1.17 bits per heavy atom. The number of hydrogen-bond donors (Lipinski definition) is 1. The first-order valence-electron chi connectivity index (χ1n) is 4.26. The molecule has 1 heteroatoms. The van der Waals surface area contributed by atoms with Crippen molar-refractivity contribution in [2.45, 2.75) is 19.9 Å². The van der Waals surface area contributed by atoms with Crippen LogP contribution in [0.15, 0.2) is 36.4 Å². The van der Waals surface area contributed by atoms with Crippen LogP contribution in [0, 0.1) is 0 Å². The molecule has 0 fully saturated rings. The third-order valence-corrected chi connectivity index (χ3v) is 1.85. The minimum atomic E-state index is 0.629. The van der Waals surface area contributed by atoms with Crippen molar-refractivity contribution < 1.29 is 0 Å². The number of allylic oxidation sites excluding steroid dienone is 2. The van der Waals surface area contributed by atoms with Gasteiger partial charge in [-0.05, 0) is 24.5 Å². The molecule has 0 aliphatic heterocycles. The molecule has 1 nitrogen and oxygen atoms in total. The molecular formula is C11H15N. The molecular weight excluding hydrogens is 146 g/mol. The van der Waals surface area contributed by atoms with Gasteiger partial charge in [0.15, 0.2) is 0 Å². The third-order valence-electron chi connectivity index (χ3n) is 1.85. The van der Waals surface area contributed by atoms with Crippen LogP contribution >= 0.6 is 0 Å². The van der Waals surface area contributed by atoms with Crippen molar-refractivity contribution in [3.05, 3.63) is 47.5 Å². The molecule has 12 heavy (non-hydrogen) atoms. The quantitative estimate of drug-likeness (QED) is 0.676. The summed E-state index contributed by atoms with van der Waals surface area (Å²) < 4.78 is 0. The van der Waals surface area contributed by atoms with E-state index in [2.05, 4.69) is 36.4 Å². The summed E-state index contributed by atoms with van der Waals surface area (Å²) in [6.45, 7) is 2.66. The summed E-state index contributed by atoms with van der Waals surface area (Å²) in [7, 11) is 0. The fourth-order valence-corrected chi connectivity index (χ4v) is 1.07. The Kier molecular flexibility index (Phi) is 3.55. The zero-order valence-electron chi connectivity index (χ0n) is 7.46. The van der Waals surface area contributed by atoms with E-state index in [-0.39, 0.29) is 0 Å². The Balaban J connectivity index is 2.64. The normalized spacial score (nSPS) is 10.8. The van der Waals surface area contributed by atoms with Crippen LogP contribution in [0.25, 0.3) is 0 Å². The van der Waals surface area contributed by atoms with Crippen LogP contribution in [0.5, 0.6) is 0 Å². The van der Waals surface area contributed by atoms with Crippen LogP contribution in [0.1, 0.15) is 18.1 Å². The van der Waals surface area contributed by atoms with Gasteiger partial charge in [-0.2, -0.15) is 0 Å². The first-order chi connectivity index (χ1) is 5.86. The van der Waals surface area contributed by atoms with E-state index in [1.807, 2.05) is 6.92 Å². The van der Waals surface area contributed by atoms with Gasteiger partial charge < -0.3 is 5.73 Å². The highest BCUT2D eigenvalue weighted by Crippen LogP contribution is 2.04. The van der Waals surface area contributed by atoms with Gasteiger partial charge in [0.25, 0.3) is 0 Å². The number of hydrogen-bond acceptors (Lipinski definition) is 1. The van der Waals surface area contributed by atoms with Crippen molar-refractivity contribution in [3.8, 4) is 0 Å². The molecule has 64 valence electrons. The first-order valence-corrected chi connectivity index (χ1v) is 4.26.